The van der Waals surface area contributed by atoms with Gasteiger partial charge in [0, 0.05) is 16.6 Å². The zero-order valence-electron chi connectivity index (χ0n) is 12.1. The van der Waals surface area contributed by atoms with Gasteiger partial charge in [-0.3, -0.25) is 0 Å². The number of H-pyrrole nitrogens is 1. The third-order valence-corrected chi connectivity index (χ3v) is 4.64. The lowest BCUT2D eigenvalue weighted by molar-refractivity contribution is 0.488. The van der Waals surface area contributed by atoms with Crippen LogP contribution in [0.3, 0.4) is 0 Å². The lowest BCUT2D eigenvalue weighted by atomic mass is 10.1. The fourth-order valence-corrected chi connectivity index (χ4v) is 3.18. The van der Waals surface area contributed by atoms with E-state index >= 15 is 0 Å². The first kappa shape index (κ1) is 16.5. The number of primary sulfonamides is 1. The Kier molecular flexibility index (Phi) is 3.84. The van der Waals surface area contributed by atoms with Crippen molar-refractivity contribution in [3.63, 3.8) is 0 Å². The van der Waals surface area contributed by atoms with Crippen molar-refractivity contribution in [1.82, 2.24) is 4.98 Å². The average molecular weight is 367 g/mol. The van der Waals surface area contributed by atoms with E-state index in [1.165, 1.54) is 24.3 Å². The number of rotatable bonds is 4. The van der Waals surface area contributed by atoms with Crippen LogP contribution in [0.5, 0.6) is 5.75 Å². The molecule has 0 spiro atoms. The van der Waals surface area contributed by atoms with Crippen molar-refractivity contribution >= 4 is 31.2 Å². The van der Waals surface area contributed by atoms with Crippen molar-refractivity contribution in [3.05, 3.63) is 48.5 Å². The third kappa shape index (κ3) is 3.57. The summed E-state index contributed by atoms with van der Waals surface area (Å²) in [6, 6.07) is 12.6. The molecule has 24 heavy (non-hydrogen) atoms. The molecule has 0 atom stereocenters. The fourth-order valence-electron chi connectivity index (χ4n) is 2.26. The first-order chi connectivity index (χ1) is 11.1. The zero-order chi connectivity index (χ0) is 17.5. The van der Waals surface area contributed by atoms with E-state index in [9.17, 15) is 16.8 Å². The van der Waals surface area contributed by atoms with Crippen LogP contribution in [0.1, 0.15) is 0 Å². The molecule has 0 bridgehead atoms. The van der Waals surface area contributed by atoms with Gasteiger partial charge in [0.1, 0.15) is 5.75 Å². The van der Waals surface area contributed by atoms with E-state index in [4.69, 9.17) is 10.3 Å². The molecule has 2 aromatic carbocycles. The van der Waals surface area contributed by atoms with Gasteiger partial charge < -0.3 is 9.17 Å². The Morgan fingerprint density at radius 1 is 0.875 bits per heavy atom. The second kappa shape index (κ2) is 5.60. The van der Waals surface area contributed by atoms with E-state index in [0.717, 1.165) is 16.6 Å². The quantitative estimate of drug-likeness (QED) is 0.631. The maximum absolute atomic E-state index is 11.4. The highest BCUT2D eigenvalue weighted by Crippen LogP contribution is 2.27. The van der Waals surface area contributed by atoms with Gasteiger partial charge in [0.05, 0.1) is 4.90 Å². The van der Waals surface area contributed by atoms with E-state index < -0.39 is 20.3 Å². The topological polar surface area (TPSA) is 145 Å². The molecule has 0 amide bonds. The van der Waals surface area contributed by atoms with Crippen LogP contribution < -0.4 is 14.5 Å². The number of benzene rings is 2. The van der Waals surface area contributed by atoms with Crippen LogP contribution in [-0.4, -0.2) is 21.8 Å². The first-order valence-electron chi connectivity index (χ1n) is 6.60. The molecular formula is C14H13N3O5S2. The van der Waals surface area contributed by atoms with Gasteiger partial charge in [-0.25, -0.2) is 13.6 Å². The number of fused-ring (bicyclic) bond motifs is 1. The van der Waals surface area contributed by atoms with Gasteiger partial charge in [-0.05, 0) is 48.0 Å². The number of nitrogens with two attached hydrogens (primary N) is 2. The van der Waals surface area contributed by atoms with Crippen LogP contribution in [0, 0.1) is 0 Å². The SMILES string of the molecule is NS(=O)(=O)Oc1ccc(-c2cc3ccc(S(N)(=O)=O)cc3[nH]2)cc1. The summed E-state index contributed by atoms with van der Waals surface area (Å²) < 4.78 is 49.1. The minimum absolute atomic E-state index is 0.0142. The minimum Gasteiger partial charge on any atom is -0.371 e. The number of hydrogen-bond acceptors (Lipinski definition) is 5. The maximum Gasteiger partial charge on any atom is 0.380 e. The van der Waals surface area contributed by atoms with E-state index in [0.29, 0.717) is 5.52 Å². The highest BCUT2D eigenvalue weighted by Gasteiger charge is 2.11. The Labute approximate surface area is 138 Å². The summed E-state index contributed by atoms with van der Waals surface area (Å²) in [4.78, 5) is 3.10. The molecule has 8 nitrogen and oxygen atoms in total. The summed E-state index contributed by atoms with van der Waals surface area (Å²) in [7, 11) is -7.85. The van der Waals surface area contributed by atoms with E-state index in [1.54, 1.807) is 18.2 Å². The lowest BCUT2D eigenvalue weighted by Crippen LogP contribution is -2.18. The molecule has 0 radical (unpaired) electrons. The van der Waals surface area contributed by atoms with Crippen LogP contribution in [0.25, 0.3) is 22.2 Å². The normalized spacial score (nSPS) is 12.4. The number of nitrogens with one attached hydrogen (secondary N) is 1. The van der Waals surface area contributed by atoms with Crippen molar-refractivity contribution < 1.29 is 21.0 Å². The van der Waals surface area contributed by atoms with Crippen molar-refractivity contribution in [2.45, 2.75) is 4.90 Å². The summed E-state index contributed by atoms with van der Waals surface area (Å²) >= 11 is 0. The smallest absolute Gasteiger partial charge is 0.371 e. The highest BCUT2D eigenvalue weighted by atomic mass is 32.2. The number of hydrogen-bond donors (Lipinski definition) is 3. The zero-order valence-corrected chi connectivity index (χ0v) is 13.8. The molecule has 0 saturated heterocycles. The van der Waals surface area contributed by atoms with Crippen LogP contribution in [0.15, 0.2) is 53.4 Å². The van der Waals surface area contributed by atoms with Crippen LogP contribution in [-0.2, 0) is 20.3 Å². The molecule has 3 aromatic rings. The third-order valence-electron chi connectivity index (χ3n) is 3.30. The van der Waals surface area contributed by atoms with Gasteiger partial charge in [0.2, 0.25) is 10.0 Å². The summed E-state index contributed by atoms with van der Waals surface area (Å²) in [5.74, 6) is 0.0915. The Morgan fingerprint density at radius 3 is 2.12 bits per heavy atom. The average Bonchev–Trinajstić information content (AvgIpc) is 2.88. The van der Waals surface area contributed by atoms with E-state index in [-0.39, 0.29) is 10.6 Å². The molecule has 126 valence electrons. The molecule has 10 heteroatoms. The Morgan fingerprint density at radius 2 is 1.54 bits per heavy atom. The van der Waals surface area contributed by atoms with Crippen molar-refractivity contribution in [2.75, 3.05) is 0 Å². The summed E-state index contributed by atoms with van der Waals surface area (Å²) in [5, 5.41) is 10.7. The van der Waals surface area contributed by atoms with Gasteiger partial charge >= 0.3 is 10.3 Å². The first-order valence-corrected chi connectivity index (χ1v) is 9.62. The standard InChI is InChI=1S/C14H13N3O5S2/c15-23(18,19)12-6-3-10-7-13(17-14(10)8-12)9-1-4-11(5-2-9)22-24(16,20)21/h1-8,17H,(H2,15,18,19)(H2,16,20,21). The Bertz CT molecular complexity index is 1120. The fraction of sp³-hybridized carbons (Fsp3) is 0. The lowest BCUT2D eigenvalue weighted by Gasteiger charge is -2.03. The highest BCUT2D eigenvalue weighted by molar-refractivity contribution is 7.89. The summed E-state index contributed by atoms with van der Waals surface area (Å²) in [6.07, 6.45) is 0. The number of aromatic amines is 1. The number of sulfonamides is 1. The summed E-state index contributed by atoms with van der Waals surface area (Å²) in [5.41, 5.74) is 2.09. The minimum atomic E-state index is -4.07. The second-order valence-corrected chi connectivity index (χ2v) is 7.79. The van der Waals surface area contributed by atoms with Crippen molar-refractivity contribution in [1.29, 1.82) is 0 Å². The predicted molar refractivity (Wildman–Crippen MR) is 88.8 cm³/mol. The van der Waals surface area contributed by atoms with Gasteiger partial charge in [-0.1, -0.05) is 6.07 Å². The molecule has 5 N–H and O–H groups in total. The van der Waals surface area contributed by atoms with Gasteiger partial charge in [-0.15, -0.1) is 0 Å². The Balaban J connectivity index is 1.97. The summed E-state index contributed by atoms with van der Waals surface area (Å²) in [6.45, 7) is 0. The molecule has 1 aromatic heterocycles. The van der Waals surface area contributed by atoms with Crippen molar-refractivity contribution in [3.8, 4) is 17.0 Å². The number of aromatic nitrogens is 1. The molecule has 1 heterocycles. The monoisotopic (exact) mass is 367 g/mol. The molecule has 0 unspecified atom stereocenters. The molecule has 0 fully saturated rings. The predicted octanol–water partition coefficient (Wildman–Crippen LogP) is 1.06. The van der Waals surface area contributed by atoms with Gasteiger partial charge in [-0.2, -0.15) is 13.6 Å². The van der Waals surface area contributed by atoms with E-state index in [1.807, 2.05) is 6.07 Å². The maximum atomic E-state index is 11.4. The second-order valence-electron chi connectivity index (χ2n) is 5.08. The Hall–Kier alpha value is -2.40. The van der Waals surface area contributed by atoms with Crippen molar-refractivity contribution in [2.24, 2.45) is 10.3 Å². The molecule has 3 rings (SSSR count). The van der Waals surface area contributed by atoms with E-state index in [2.05, 4.69) is 9.17 Å². The molecular weight excluding hydrogens is 354 g/mol. The molecule has 0 aliphatic rings. The van der Waals surface area contributed by atoms with Crippen LogP contribution >= 0.6 is 0 Å². The van der Waals surface area contributed by atoms with Gasteiger partial charge in [0.25, 0.3) is 0 Å². The molecule has 0 saturated carbocycles. The van der Waals surface area contributed by atoms with Crippen LogP contribution in [0.2, 0.25) is 0 Å². The van der Waals surface area contributed by atoms with Crippen LogP contribution in [0.4, 0.5) is 0 Å². The van der Waals surface area contributed by atoms with Gasteiger partial charge in [0.15, 0.2) is 0 Å². The molecule has 0 aliphatic heterocycles. The largest absolute Gasteiger partial charge is 0.380 e. The molecule has 0 aliphatic carbocycles.